The van der Waals surface area contributed by atoms with Gasteiger partial charge < -0.3 is 4.74 Å². The lowest BCUT2D eigenvalue weighted by atomic mass is 9.03. The Morgan fingerprint density at radius 3 is 2.00 bits per heavy atom. The summed E-state index contributed by atoms with van der Waals surface area (Å²) in [6.07, 6.45) is 13.7. The molecule has 0 unspecified atom stereocenters. The maximum atomic E-state index is 5.95. The van der Waals surface area contributed by atoms with Crippen molar-refractivity contribution in [3.63, 3.8) is 0 Å². The van der Waals surface area contributed by atoms with E-state index in [4.69, 9.17) is 4.74 Å². The van der Waals surface area contributed by atoms with E-state index in [0.717, 1.165) is 23.4 Å². The SMILES string of the molecule is C=C=C(OC)[B-]1([C@@H]2CCCC[C@H]2C)C2CCCC1CCC2. The molecule has 1 aliphatic carbocycles. The van der Waals surface area contributed by atoms with Crippen LogP contribution in [0, 0.1) is 5.92 Å². The Balaban J connectivity index is 2.08. The molecule has 3 aliphatic rings. The van der Waals surface area contributed by atoms with E-state index < -0.39 is 6.15 Å². The van der Waals surface area contributed by atoms with Crippen LogP contribution in [0.3, 0.4) is 0 Å². The first-order valence-electron chi connectivity index (χ1n) is 9.36. The summed E-state index contributed by atoms with van der Waals surface area (Å²) in [5.74, 6) is 3.48. The molecular weight excluding hydrogens is 255 g/mol. The van der Waals surface area contributed by atoms with E-state index in [2.05, 4.69) is 19.2 Å². The van der Waals surface area contributed by atoms with Crippen LogP contribution in [-0.4, -0.2) is 13.3 Å². The molecule has 2 bridgehead atoms. The Kier molecular flexibility index (Phi) is 4.55. The van der Waals surface area contributed by atoms with Crippen LogP contribution >= 0.6 is 0 Å². The third kappa shape index (κ3) is 2.31. The second-order valence-electron chi connectivity index (χ2n) is 8.13. The fourth-order valence-corrected chi connectivity index (χ4v) is 7.00. The van der Waals surface area contributed by atoms with E-state index in [1.54, 1.807) is 0 Å². The number of hydrogen-bond acceptors (Lipinski definition) is 1. The molecule has 0 aromatic rings. The fraction of sp³-hybridized carbons (Fsp3) is 0.842. The van der Waals surface area contributed by atoms with Crippen LogP contribution in [0.1, 0.15) is 71.1 Å². The summed E-state index contributed by atoms with van der Waals surface area (Å²) in [5, 5.41) is 0. The van der Waals surface area contributed by atoms with Crippen LogP contribution in [-0.2, 0) is 4.74 Å². The van der Waals surface area contributed by atoms with Gasteiger partial charge in [-0.25, -0.2) is 0 Å². The van der Waals surface area contributed by atoms with Gasteiger partial charge in [-0.2, -0.15) is 17.5 Å². The third-order valence-corrected chi connectivity index (χ3v) is 7.59. The number of methoxy groups -OCH3 is 1. The van der Waals surface area contributed by atoms with Crippen molar-refractivity contribution in [3.8, 4) is 0 Å². The highest BCUT2D eigenvalue weighted by atomic mass is 16.5. The van der Waals surface area contributed by atoms with Crippen LogP contribution in [0.4, 0.5) is 0 Å². The predicted octanol–water partition coefficient (Wildman–Crippen LogP) is 5.98. The lowest BCUT2D eigenvalue weighted by molar-refractivity contribution is 0.283. The van der Waals surface area contributed by atoms with Crippen LogP contribution in [0.5, 0.6) is 0 Å². The highest BCUT2D eigenvalue weighted by Gasteiger charge is 2.52. The average molecular weight is 287 g/mol. The quantitative estimate of drug-likeness (QED) is 0.352. The maximum Gasteiger partial charge on any atom is 0.0866 e. The van der Waals surface area contributed by atoms with Crippen LogP contribution in [0.15, 0.2) is 18.0 Å². The molecule has 0 spiro atoms. The number of hydrogen-bond donors (Lipinski definition) is 0. The topological polar surface area (TPSA) is 9.23 Å². The van der Waals surface area contributed by atoms with Gasteiger partial charge in [-0.3, -0.25) is 0 Å². The molecule has 1 saturated carbocycles. The molecule has 0 amide bonds. The molecule has 118 valence electrons. The first kappa shape index (κ1) is 15.3. The first-order chi connectivity index (χ1) is 10.2. The van der Waals surface area contributed by atoms with Gasteiger partial charge in [-0.1, -0.05) is 83.6 Å². The number of ether oxygens (including phenoxy) is 1. The molecule has 0 aromatic heterocycles. The van der Waals surface area contributed by atoms with Crippen molar-refractivity contribution in [2.24, 2.45) is 5.92 Å². The second kappa shape index (κ2) is 6.25. The second-order valence-corrected chi connectivity index (χ2v) is 8.13. The minimum atomic E-state index is -0.571. The van der Waals surface area contributed by atoms with E-state index in [1.807, 2.05) is 7.11 Å². The summed E-state index contributed by atoms with van der Waals surface area (Å²) in [5.41, 5.74) is 4.46. The molecule has 0 N–H and O–H groups in total. The summed E-state index contributed by atoms with van der Waals surface area (Å²) >= 11 is 0. The van der Waals surface area contributed by atoms with Crippen molar-refractivity contribution < 1.29 is 4.74 Å². The third-order valence-electron chi connectivity index (χ3n) is 7.59. The van der Waals surface area contributed by atoms with Gasteiger partial charge in [-0.15, -0.1) is 5.73 Å². The molecule has 3 rings (SSSR count). The van der Waals surface area contributed by atoms with Gasteiger partial charge in [0.1, 0.15) is 0 Å². The van der Waals surface area contributed by atoms with E-state index in [0.29, 0.717) is 0 Å². The molecule has 3 fully saturated rings. The maximum absolute atomic E-state index is 5.95. The predicted molar refractivity (Wildman–Crippen MR) is 92.0 cm³/mol. The van der Waals surface area contributed by atoms with Crippen molar-refractivity contribution in [1.82, 2.24) is 0 Å². The Morgan fingerprint density at radius 1 is 0.952 bits per heavy atom. The van der Waals surface area contributed by atoms with Crippen LogP contribution < -0.4 is 0 Å². The van der Waals surface area contributed by atoms with Crippen LogP contribution in [0.25, 0.3) is 0 Å². The molecule has 21 heavy (non-hydrogen) atoms. The highest BCUT2D eigenvalue weighted by Crippen LogP contribution is 2.63. The molecule has 1 nitrogen and oxygen atoms in total. The molecule has 0 aromatic carbocycles. The molecule has 2 saturated heterocycles. The smallest absolute Gasteiger partial charge is 0.0866 e. The standard InChI is InChI=1S/C19H32BO/c1-4-19(21-3)20(18-14-6-5-9-15(18)2)16-10-7-11-17(20)13-8-12-16/h15-18H,1,5-14H2,2-3H3/q-1/t15-,16?,17?,18-,20?/m1/s1. The van der Waals surface area contributed by atoms with Gasteiger partial charge >= 0.3 is 0 Å². The Hall–Kier alpha value is -0.615. The van der Waals surface area contributed by atoms with Crippen LogP contribution in [0.2, 0.25) is 17.5 Å². The van der Waals surface area contributed by atoms with Gasteiger partial charge in [0.05, 0.1) is 13.3 Å². The molecule has 2 heteroatoms. The normalized spacial score (nSPS) is 43.0. The van der Waals surface area contributed by atoms with E-state index in [1.165, 1.54) is 69.9 Å². The minimum absolute atomic E-state index is 0.571. The Morgan fingerprint density at radius 2 is 1.52 bits per heavy atom. The summed E-state index contributed by atoms with van der Waals surface area (Å²) in [6, 6.07) is 0. The van der Waals surface area contributed by atoms with Gasteiger partial charge in [-0.05, 0) is 5.66 Å². The molecule has 0 radical (unpaired) electrons. The van der Waals surface area contributed by atoms with Crippen molar-refractivity contribution in [2.45, 2.75) is 88.6 Å². The van der Waals surface area contributed by atoms with Gasteiger partial charge in [0.15, 0.2) is 0 Å². The van der Waals surface area contributed by atoms with Gasteiger partial charge in [0.25, 0.3) is 0 Å². The Labute approximate surface area is 131 Å². The van der Waals surface area contributed by atoms with Crippen molar-refractivity contribution >= 4 is 6.15 Å². The average Bonchev–Trinajstić information content (AvgIpc) is 2.48. The zero-order valence-electron chi connectivity index (χ0n) is 14.1. The van der Waals surface area contributed by atoms with Crippen molar-refractivity contribution in [2.75, 3.05) is 7.11 Å². The summed E-state index contributed by atoms with van der Waals surface area (Å²) < 4.78 is 5.95. The largest absolute Gasteiger partial charge is 0.535 e. The lowest BCUT2D eigenvalue weighted by Crippen LogP contribution is -2.57. The fourth-order valence-electron chi connectivity index (χ4n) is 7.00. The summed E-state index contributed by atoms with van der Waals surface area (Å²) in [7, 11) is 1.87. The highest BCUT2D eigenvalue weighted by molar-refractivity contribution is 6.90. The zero-order chi connectivity index (χ0) is 14.9. The molecule has 2 aliphatic heterocycles. The van der Waals surface area contributed by atoms with E-state index >= 15 is 0 Å². The van der Waals surface area contributed by atoms with E-state index in [9.17, 15) is 0 Å². The number of rotatable bonds is 3. The Bertz CT molecular complexity index is 401. The first-order valence-corrected chi connectivity index (χ1v) is 9.36. The molecule has 2 heterocycles. The van der Waals surface area contributed by atoms with Gasteiger partial charge in [0.2, 0.25) is 0 Å². The summed E-state index contributed by atoms with van der Waals surface area (Å²) in [6.45, 7) is 6.54. The summed E-state index contributed by atoms with van der Waals surface area (Å²) in [4.78, 5) is 0. The number of fused-ring (bicyclic) bond motifs is 2. The molecule has 2 atom stereocenters. The lowest BCUT2D eigenvalue weighted by Gasteiger charge is -2.64. The van der Waals surface area contributed by atoms with Crippen molar-refractivity contribution in [1.29, 1.82) is 0 Å². The molecular formula is C19H32BO-. The van der Waals surface area contributed by atoms with E-state index in [-0.39, 0.29) is 0 Å². The minimum Gasteiger partial charge on any atom is -0.535 e. The zero-order valence-corrected chi connectivity index (χ0v) is 14.1. The van der Waals surface area contributed by atoms with Crippen molar-refractivity contribution in [3.05, 3.63) is 18.0 Å². The monoisotopic (exact) mass is 287 g/mol. The van der Waals surface area contributed by atoms with Gasteiger partial charge in [0, 0.05) is 0 Å².